The summed E-state index contributed by atoms with van der Waals surface area (Å²) in [6.07, 6.45) is 3.84. The molecule has 6 heteroatoms. The fraction of sp³-hybridized carbons (Fsp3) is 0.667. The van der Waals surface area contributed by atoms with Gasteiger partial charge in [-0.05, 0) is 25.7 Å². The summed E-state index contributed by atoms with van der Waals surface area (Å²) in [5, 5.41) is 0. The van der Waals surface area contributed by atoms with E-state index in [0.29, 0.717) is 56.3 Å². The molecule has 0 radical (unpaired) electrons. The molecule has 0 atom stereocenters. The monoisotopic (exact) mass is 332 g/mol. The number of aromatic nitrogens is 2. The highest BCUT2D eigenvalue weighted by molar-refractivity contribution is 5.95. The van der Waals surface area contributed by atoms with Crippen LogP contribution in [-0.4, -0.2) is 57.8 Å². The lowest BCUT2D eigenvalue weighted by molar-refractivity contribution is -0.132. The molecule has 0 spiro atoms. The number of piperazine rings is 1. The van der Waals surface area contributed by atoms with Gasteiger partial charge < -0.3 is 9.80 Å². The van der Waals surface area contributed by atoms with Gasteiger partial charge in [0.2, 0.25) is 5.91 Å². The third-order valence-electron chi connectivity index (χ3n) is 4.41. The van der Waals surface area contributed by atoms with Gasteiger partial charge in [0.15, 0.2) is 0 Å². The summed E-state index contributed by atoms with van der Waals surface area (Å²) in [5.41, 5.74) is 1.38. The number of amides is 2. The highest BCUT2D eigenvalue weighted by Gasteiger charge is 2.26. The van der Waals surface area contributed by atoms with Gasteiger partial charge in [-0.3, -0.25) is 9.59 Å². The summed E-state index contributed by atoms with van der Waals surface area (Å²) in [7, 11) is 0. The van der Waals surface area contributed by atoms with Gasteiger partial charge in [-0.15, -0.1) is 0 Å². The van der Waals surface area contributed by atoms with E-state index in [-0.39, 0.29) is 11.8 Å². The van der Waals surface area contributed by atoms with Gasteiger partial charge in [0.25, 0.3) is 5.91 Å². The number of aryl methyl sites for hydroxylation is 2. The second-order valence-electron chi connectivity index (χ2n) is 6.74. The van der Waals surface area contributed by atoms with Crippen LogP contribution in [0.4, 0.5) is 0 Å². The Morgan fingerprint density at radius 3 is 2.38 bits per heavy atom. The first kappa shape index (κ1) is 18.4. The minimum Gasteiger partial charge on any atom is -0.339 e. The molecule has 24 heavy (non-hydrogen) atoms. The van der Waals surface area contributed by atoms with Crippen LogP contribution in [0.2, 0.25) is 0 Å². The van der Waals surface area contributed by atoms with Crippen molar-refractivity contribution in [1.29, 1.82) is 0 Å². The van der Waals surface area contributed by atoms with Crippen LogP contribution in [0.3, 0.4) is 0 Å². The molecule has 0 saturated carbocycles. The molecular weight excluding hydrogens is 304 g/mol. The maximum Gasteiger partial charge on any atom is 0.257 e. The predicted molar refractivity (Wildman–Crippen MR) is 92.7 cm³/mol. The van der Waals surface area contributed by atoms with Crippen LogP contribution in [0.5, 0.6) is 0 Å². The minimum atomic E-state index is -0.0267. The first-order valence-corrected chi connectivity index (χ1v) is 8.82. The summed E-state index contributed by atoms with van der Waals surface area (Å²) >= 11 is 0. The minimum absolute atomic E-state index is 0.0267. The Morgan fingerprint density at radius 2 is 1.79 bits per heavy atom. The lowest BCUT2D eigenvalue weighted by atomic mass is 10.1. The molecule has 0 bridgehead atoms. The molecule has 2 rings (SSSR count). The van der Waals surface area contributed by atoms with Crippen molar-refractivity contribution in [1.82, 2.24) is 19.8 Å². The molecular formula is C18H28N4O2. The summed E-state index contributed by atoms with van der Waals surface area (Å²) in [6, 6.07) is 0. The molecule has 1 aromatic rings. The Hall–Kier alpha value is -1.98. The third kappa shape index (κ3) is 4.52. The zero-order chi connectivity index (χ0) is 17.7. The number of rotatable bonds is 5. The molecule has 0 aliphatic carbocycles. The molecule has 0 N–H and O–H groups in total. The quantitative estimate of drug-likeness (QED) is 0.828. The van der Waals surface area contributed by atoms with Crippen LogP contribution < -0.4 is 0 Å². The van der Waals surface area contributed by atoms with Gasteiger partial charge in [0, 0.05) is 38.8 Å². The number of carbonyl (C=O) groups is 2. The number of carbonyl (C=O) groups excluding carboxylic acids is 2. The van der Waals surface area contributed by atoms with E-state index >= 15 is 0 Å². The van der Waals surface area contributed by atoms with Crippen LogP contribution in [0, 0.1) is 12.8 Å². The highest BCUT2D eigenvalue weighted by Crippen LogP contribution is 2.14. The summed E-state index contributed by atoms with van der Waals surface area (Å²) in [6.45, 7) is 10.4. The zero-order valence-corrected chi connectivity index (χ0v) is 15.2. The molecule has 1 saturated heterocycles. The fourth-order valence-electron chi connectivity index (χ4n) is 2.86. The normalized spacial score (nSPS) is 15.0. The van der Waals surface area contributed by atoms with Gasteiger partial charge in [-0.1, -0.05) is 20.8 Å². The number of hydrogen-bond donors (Lipinski definition) is 0. The Labute approximate surface area is 144 Å². The van der Waals surface area contributed by atoms with Crippen LogP contribution in [0.25, 0.3) is 0 Å². The van der Waals surface area contributed by atoms with E-state index in [0.717, 1.165) is 12.1 Å². The van der Waals surface area contributed by atoms with E-state index in [2.05, 4.69) is 23.8 Å². The Kier molecular flexibility index (Phi) is 6.29. The maximum absolute atomic E-state index is 12.7. The van der Waals surface area contributed by atoms with Crippen molar-refractivity contribution < 1.29 is 9.59 Å². The molecule has 1 aliphatic rings. The summed E-state index contributed by atoms with van der Waals surface area (Å²) in [4.78, 5) is 37.1. The lowest BCUT2D eigenvalue weighted by Gasteiger charge is -2.35. The maximum atomic E-state index is 12.7. The van der Waals surface area contributed by atoms with E-state index in [1.54, 1.807) is 11.1 Å². The van der Waals surface area contributed by atoms with Gasteiger partial charge in [-0.25, -0.2) is 9.97 Å². The predicted octanol–water partition coefficient (Wildman–Crippen LogP) is 2.07. The molecule has 6 nitrogen and oxygen atoms in total. The fourth-order valence-corrected chi connectivity index (χ4v) is 2.86. The van der Waals surface area contributed by atoms with Crippen LogP contribution in [0.1, 0.15) is 55.5 Å². The summed E-state index contributed by atoms with van der Waals surface area (Å²) < 4.78 is 0. The molecule has 132 valence electrons. The van der Waals surface area contributed by atoms with Crippen LogP contribution in [-0.2, 0) is 11.2 Å². The van der Waals surface area contributed by atoms with Crippen molar-refractivity contribution in [2.24, 2.45) is 5.92 Å². The molecule has 2 heterocycles. The average molecular weight is 332 g/mol. The van der Waals surface area contributed by atoms with Crippen LogP contribution in [0.15, 0.2) is 6.20 Å². The van der Waals surface area contributed by atoms with Crippen molar-refractivity contribution in [3.63, 3.8) is 0 Å². The van der Waals surface area contributed by atoms with Crippen molar-refractivity contribution in [3.05, 3.63) is 23.3 Å². The van der Waals surface area contributed by atoms with Crippen molar-refractivity contribution in [3.8, 4) is 0 Å². The van der Waals surface area contributed by atoms with E-state index in [9.17, 15) is 9.59 Å². The van der Waals surface area contributed by atoms with Gasteiger partial charge in [0.1, 0.15) is 5.82 Å². The van der Waals surface area contributed by atoms with Crippen molar-refractivity contribution >= 4 is 11.8 Å². The first-order valence-electron chi connectivity index (χ1n) is 8.82. The molecule has 0 aromatic carbocycles. The largest absolute Gasteiger partial charge is 0.339 e. The molecule has 0 unspecified atom stereocenters. The van der Waals surface area contributed by atoms with E-state index in [4.69, 9.17) is 0 Å². The second kappa shape index (κ2) is 8.22. The van der Waals surface area contributed by atoms with Crippen LogP contribution >= 0.6 is 0 Å². The number of nitrogens with zero attached hydrogens (tertiary/aromatic N) is 4. The zero-order valence-electron chi connectivity index (χ0n) is 15.2. The number of hydrogen-bond acceptors (Lipinski definition) is 4. The van der Waals surface area contributed by atoms with E-state index in [1.165, 1.54) is 0 Å². The summed E-state index contributed by atoms with van der Waals surface area (Å²) in [5.74, 6) is 1.39. The SMILES string of the molecule is CCc1nc(C)ncc1C(=O)N1CCN(C(=O)CCC(C)C)CC1. The second-order valence-corrected chi connectivity index (χ2v) is 6.74. The van der Waals surface area contributed by atoms with E-state index < -0.39 is 0 Å². The topological polar surface area (TPSA) is 66.4 Å². The smallest absolute Gasteiger partial charge is 0.257 e. The molecule has 1 aliphatic heterocycles. The van der Waals surface area contributed by atoms with Gasteiger partial charge in [0.05, 0.1) is 11.3 Å². The average Bonchev–Trinajstić information content (AvgIpc) is 2.59. The van der Waals surface area contributed by atoms with Gasteiger partial charge in [-0.2, -0.15) is 0 Å². The Bertz CT molecular complexity index is 593. The first-order chi connectivity index (χ1) is 11.4. The Balaban J connectivity index is 1.94. The molecule has 2 amide bonds. The third-order valence-corrected chi connectivity index (χ3v) is 4.41. The lowest BCUT2D eigenvalue weighted by Crippen LogP contribution is -2.50. The van der Waals surface area contributed by atoms with Gasteiger partial charge >= 0.3 is 0 Å². The van der Waals surface area contributed by atoms with E-state index in [1.807, 2.05) is 18.7 Å². The highest BCUT2D eigenvalue weighted by atomic mass is 16.2. The molecule has 1 fully saturated rings. The van der Waals surface area contributed by atoms with Crippen molar-refractivity contribution in [2.45, 2.75) is 47.0 Å². The molecule has 1 aromatic heterocycles. The standard InChI is InChI=1S/C18H28N4O2/c1-5-16-15(12-19-14(4)20-16)18(24)22-10-8-21(9-11-22)17(23)7-6-13(2)3/h12-13H,5-11H2,1-4H3. The van der Waals surface area contributed by atoms with Crippen molar-refractivity contribution in [2.75, 3.05) is 26.2 Å². The Morgan fingerprint density at radius 1 is 1.17 bits per heavy atom.